The van der Waals surface area contributed by atoms with Crippen molar-refractivity contribution in [2.24, 2.45) is 0 Å². The Labute approximate surface area is 202 Å². The van der Waals surface area contributed by atoms with Gasteiger partial charge in [-0.05, 0) is 90.0 Å². The minimum atomic E-state index is -2.92. The first-order chi connectivity index (χ1) is 14.7. The van der Waals surface area contributed by atoms with Gasteiger partial charge in [-0.15, -0.1) is 11.3 Å². The van der Waals surface area contributed by atoms with E-state index in [9.17, 15) is 0 Å². The second-order valence-corrected chi connectivity index (χ2v) is 16.9. The van der Waals surface area contributed by atoms with Crippen molar-refractivity contribution in [3.05, 3.63) is 48.5 Å². The zero-order valence-corrected chi connectivity index (χ0v) is 22.8. The van der Waals surface area contributed by atoms with Crippen LogP contribution in [0.15, 0.2) is 57.8 Å². The molecule has 11 heteroatoms. The number of rotatable bonds is 13. The van der Waals surface area contributed by atoms with Crippen molar-refractivity contribution in [2.75, 3.05) is 19.8 Å². The van der Waals surface area contributed by atoms with E-state index in [0.29, 0.717) is 19.8 Å². The lowest BCUT2D eigenvalue weighted by atomic mass is 10.3. The van der Waals surface area contributed by atoms with Gasteiger partial charge in [-0.25, -0.2) is 4.98 Å². The molecule has 0 N–H and O–H groups in total. The molecule has 0 bridgehead atoms. The van der Waals surface area contributed by atoms with Crippen molar-refractivity contribution >= 4 is 86.6 Å². The van der Waals surface area contributed by atoms with Crippen LogP contribution >= 0.6 is 62.4 Å². The number of hydrogen-bond acceptors (Lipinski definition) is 10. The summed E-state index contributed by atoms with van der Waals surface area (Å²) in [6, 6.07) is 16.5. The molecule has 162 valence electrons. The monoisotopic (exact) mass is 533 g/mol. The van der Waals surface area contributed by atoms with Crippen LogP contribution in [0.5, 0.6) is 0 Å². The van der Waals surface area contributed by atoms with Crippen LogP contribution in [-0.2, 0) is 13.3 Å². The van der Waals surface area contributed by atoms with E-state index in [1.807, 2.05) is 39.0 Å². The highest BCUT2D eigenvalue weighted by Crippen LogP contribution is 2.53. The van der Waals surface area contributed by atoms with E-state index in [2.05, 4.69) is 35.3 Å². The van der Waals surface area contributed by atoms with Crippen molar-refractivity contribution < 1.29 is 13.3 Å². The third-order valence-corrected chi connectivity index (χ3v) is 16.7. The average Bonchev–Trinajstić information content (AvgIpc) is 3.17. The van der Waals surface area contributed by atoms with Gasteiger partial charge in [0.25, 0.3) is 0 Å². The number of fused-ring (bicyclic) bond motifs is 1. The Morgan fingerprint density at radius 2 is 1.43 bits per heavy atom. The van der Waals surface area contributed by atoms with Crippen LogP contribution in [0.3, 0.4) is 0 Å². The maximum Gasteiger partial charge on any atom is 0.538 e. The third-order valence-electron chi connectivity index (χ3n) is 3.78. The normalized spacial score (nSPS) is 12.0. The molecular formula is C19H23NO3S6Si. The van der Waals surface area contributed by atoms with Gasteiger partial charge >= 0.3 is 8.80 Å². The summed E-state index contributed by atoms with van der Waals surface area (Å²) >= 11 is 1.73. The first kappa shape index (κ1) is 24.8. The van der Waals surface area contributed by atoms with E-state index in [0.717, 1.165) is 19.9 Å². The van der Waals surface area contributed by atoms with Gasteiger partial charge < -0.3 is 13.3 Å². The van der Waals surface area contributed by atoms with Gasteiger partial charge in [0, 0.05) is 29.9 Å². The number of nitrogens with zero attached hydrogens (tertiary/aromatic N) is 1. The molecule has 0 aliphatic carbocycles. The summed E-state index contributed by atoms with van der Waals surface area (Å²) in [5.41, 5.74) is 1.07. The molecule has 1 heterocycles. The first-order valence-corrected chi connectivity index (χ1v) is 18.1. The Morgan fingerprint density at radius 1 is 0.800 bits per heavy atom. The molecule has 30 heavy (non-hydrogen) atoms. The molecule has 0 fully saturated rings. The topological polar surface area (TPSA) is 40.6 Å². The fourth-order valence-electron chi connectivity index (χ4n) is 2.71. The molecule has 4 nitrogen and oxygen atoms in total. The maximum absolute atomic E-state index is 6.10. The van der Waals surface area contributed by atoms with Crippen LogP contribution in [0.4, 0.5) is 0 Å². The van der Waals surface area contributed by atoms with Gasteiger partial charge in [-0.1, -0.05) is 30.3 Å². The van der Waals surface area contributed by atoms with E-state index < -0.39 is 8.80 Å². The number of benzene rings is 2. The van der Waals surface area contributed by atoms with Crippen LogP contribution in [-0.4, -0.2) is 33.6 Å². The van der Waals surface area contributed by atoms with Crippen LogP contribution < -0.4 is 5.19 Å². The van der Waals surface area contributed by atoms with E-state index in [4.69, 9.17) is 13.3 Å². The Morgan fingerprint density at radius 3 is 2.13 bits per heavy atom. The molecule has 0 saturated carbocycles. The molecule has 0 unspecified atom stereocenters. The fourth-order valence-corrected chi connectivity index (χ4v) is 15.8. The Hall–Kier alpha value is 0.177. The zero-order chi connectivity index (χ0) is 21.2. The molecule has 2 aromatic carbocycles. The van der Waals surface area contributed by atoms with Gasteiger partial charge in [0.2, 0.25) is 0 Å². The minimum absolute atomic E-state index is 0.557. The van der Waals surface area contributed by atoms with E-state index in [1.165, 1.54) is 4.70 Å². The summed E-state index contributed by atoms with van der Waals surface area (Å²) in [4.78, 5) is 5.79. The molecule has 0 radical (unpaired) electrons. The Bertz CT molecular complexity index is 878. The maximum atomic E-state index is 6.10. The highest BCUT2D eigenvalue weighted by molar-refractivity contribution is 9.35. The summed E-state index contributed by atoms with van der Waals surface area (Å²) in [6.07, 6.45) is 0. The van der Waals surface area contributed by atoms with E-state index in [1.54, 1.807) is 62.4 Å². The zero-order valence-electron chi connectivity index (χ0n) is 16.9. The van der Waals surface area contributed by atoms with Crippen LogP contribution in [0, 0.1) is 0 Å². The van der Waals surface area contributed by atoms with Gasteiger partial charge in [0.1, 0.15) is 0 Å². The summed E-state index contributed by atoms with van der Waals surface area (Å²) in [6.45, 7) is 7.62. The SMILES string of the molecule is CCO[Si](OCC)(OCC)c1ccccc1SSSSSc1nc2ccccc2s1. The molecule has 0 amide bonds. The largest absolute Gasteiger partial charge is 0.538 e. The first-order valence-electron chi connectivity index (χ1n) is 9.43. The van der Waals surface area contributed by atoms with Crippen LogP contribution in [0.25, 0.3) is 10.2 Å². The molecule has 1 aromatic heterocycles. The fraction of sp³-hybridized carbons (Fsp3) is 0.316. The lowest BCUT2D eigenvalue weighted by Gasteiger charge is -2.29. The molecule has 0 aliphatic heterocycles. The predicted octanol–water partition coefficient (Wildman–Crippen LogP) is 7.30. The second kappa shape index (κ2) is 13.0. The van der Waals surface area contributed by atoms with Crippen molar-refractivity contribution in [2.45, 2.75) is 30.0 Å². The molecule has 0 saturated heterocycles. The molecule has 0 atom stereocenters. The van der Waals surface area contributed by atoms with E-state index in [-0.39, 0.29) is 0 Å². The summed E-state index contributed by atoms with van der Waals surface area (Å²) in [7, 11) is 5.68. The number of aromatic nitrogens is 1. The quantitative estimate of drug-likeness (QED) is 0.128. The van der Waals surface area contributed by atoms with E-state index >= 15 is 0 Å². The van der Waals surface area contributed by atoms with Crippen molar-refractivity contribution in [1.82, 2.24) is 4.98 Å². The molecule has 3 rings (SSSR count). The van der Waals surface area contributed by atoms with Gasteiger partial charge in [-0.2, -0.15) is 0 Å². The van der Waals surface area contributed by atoms with Crippen LogP contribution in [0.1, 0.15) is 20.8 Å². The second-order valence-electron chi connectivity index (χ2n) is 5.67. The highest BCUT2D eigenvalue weighted by atomic mass is 33.8. The van der Waals surface area contributed by atoms with Crippen LogP contribution in [0.2, 0.25) is 0 Å². The average molecular weight is 534 g/mol. The third kappa shape index (κ3) is 6.59. The highest BCUT2D eigenvalue weighted by Gasteiger charge is 2.45. The Balaban J connectivity index is 1.59. The van der Waals surface area contributed by atoms with Gasteiger partial charge in [-0.3, -0.25) is 0 Å². The molecule has 0 spiro atoms. The van der Waals surface area contributed by atoms with Crippen molar-refractivity contribution in [3.8, 4) is 0 Å². The lowest BCUT2D eigenvalue weighted by molar-refractivity contribution is 0.0854. The Kier molecular flexibility index (Phi) is 10.8. The number of hydrogen-bond donors (Lipinski definition) is 0. The number of para-hydroxylation sites is 1. The van der Waals surface area contributed by atoms with Crippen molar-refractivity contribution in [3.63, 3.8) is 0 Å². The summed E-state index contributed by atoms with van der Waals surface area (Å²) in [5, 5.41) is 1.04. The van der Waals surface area contributed by atoms with Gasteiger partial charge in [0.05, 0.1) is 10.2 Å². The summed E-state index contributed by atoms with van der Waals surface area (Å²) < 4.78 is 20.6. The lowest BCUT2D eigenvalue weighted by Crippen LogP contribution is -2.57. The standard InChI is InChI=1S/C19H23NO3S6Si/c1-4-21-30(22-5-2,23-6-3)18-14-10-9-13-17(18)25-27-29-28-26-19-20-15-11-7-8-12-16(15)24-19/h7-14H,4-6H2,1-3H3. The smallest absolute Gasteiger partial charge is 0.370 e. The molecule has 3 aromatic rings. The number of thiazole rings is 1. The minimum Gasteiger partial charge on any atom is -0.370 e. The predicted molar refractivity (Wildman–Crippen MR) is 141 cm³/mol. The summed E-state index contributed by atoms with van der Waals surface area (Å²) in [5.74, 6) is 0. The van der Waals surface area contributed by atoms with Crippen molar-refractivity contribution in [1.29, 1.82) is 0 Å². The molecular weight excluding hydrogens is 511 g/mol. The molecule has 0 aliphatic rings. The van der Waals surface area contributed by atoms with Gasteiger partial charge in [0.15, 0.2) is 4.34 Å².